The minimum absolute atomic E-state index is 0.0440. The third kappa shape index (κ3) is 10.4. The summed E-state index contributed by atoms with van der Waals surface area (Å²) in [6.45, 7) is 0.735. The van der Waals surface area contributed by atoms with Crippen molar-refractivity contribution in [1.29, 1.82) is 0 Å². The first kappa shape index (κ1) is 32.6. The molecule has 0 amide bonds. The highest BCUT2D eigenvalue weighted by atomic mass is 16.6. The van der Waals surface area contributed by atoms with Gasteiger partial charge in [0.25, 0.3) is 0 Å². The Balaban J connectivity index is 1.53. The van der Waals surface area contributed by atoms with Crippen LogP contribution in [0.5, 0.6) is 0 Å². The summed E-state index contributed by atoms with van der Waals surface area (Å²) in [6, 6.07) is 34.2. The van der Waals surface area contributed by atoms with Gasteiger partial charge in [-0.15, -0.1) is 0 Å². The molecule has 0 heterocycles. The maximum absolute atomic E-state index is 13.6. The molecular formula is C35H33NO9. The number of carboxylic acid groups (broad SMARTS) is 1. The second-order valence-corrected chi connectivity index (χ2v) is 9.90. The molecular weight excluding hydrogens is 578 g/mol. The van der Waals surface area contributed by atoms with E-state index in [1.165, 1.54) is 24.3 Å². The number of carboxylic acids is 1. The number of hydrogen-bond donors (Lipinski definition) is 2. The number of rotatable bonds is 16. The summed E-state index contributed by atoms with van der Waals surface area (Å²) >= 11 is 0. The summed E-state index contributed by atoms with van der Waals surface area (Å²) in [4.78, 5) is 51.8. The molecule has 0 saturated carbocycles. The summed E-state index contributed by atoms with van der Waals surface area (Å²) in [5, 5.41) is 13.2. The Morgan fingerprint density at radius 2 is 1.07 bits per heavy atom. The highest BCUT2D eigenvalue weighted by Crippen LogP contribution is 2.16. The molecule has 0 saturated heterocycles. The zero-order chi connectivity index (χ0) is 31.9. The van der Waals surface area contributed by atoms with Crippen LogP contribution in [0.3, 0.4) is 0 Å². The van der Waals surface area contributed by atoms with Gasteiger partial charge in [0.1, 0.15) is 6.10 Å². The van der Waals surface area contributed by atoms with Crippen molar-refractivity contribution >= 4 is 23.9 Å². The van der Waals surface area contributed by atoms with E-state index in [0.29, 0.717) is 6.54 Å². The van der Waals surface area contributed by atoms with Gasteiger partial charge in [-0.05, 0) is 35.4 Å². The zero-order valence-corrected chi connectivity index (χ0v) is 24.3. The van der Waals surface area contributed by atoms with E-state index in [1.54, 1.807) is 36.4 Å². The van der Waals surface area contributed by atoms with Crippen LogP contribution < -0.4 is 5.32 Å². The summed E-state index contributed by atoms with van der Waals surface area (Å²) in [7, 11) is 0. The fraction of sp³-hybridized carbons (Fsp3) is 0.200. The minimum Gasteiger partial charge on any atom is -0.478 e. The first-order valence-electron chi connectivity index (χ1n) is 14.2. The second kappa shape index (κ2) is 17.1. The molecule has 0 bridgehead atoms. The number of hydrogen-bond acceptors (Lipinski definition) is 9. The van der Waals surface area contributed by atoms with E-state index >= 15 is 0 Å². The van der Waals surface area contributed by atoms with Gasteiger partial charge in [-0.25, -0.2) is 19.2 Å². The lowest BCUT2D eigenvalue weighted by molar-refractivity contribution is -0.176. The van der Waals surface area contributed by atoms with Gasteiger partial charge in [-0.3, -0.25) is 0 Å². The molecule has 4 aromatic rings. The average molecular weight is 612 g/mol. The van der Waals surface area contributed by atoms with Gasteiger partial charge in [-0.2, -0.15) is 0 Å². The summed E-state index contributed by atoms with van der Waals surface area (Å²) in [6.07, 6.45) is -5.27. The molecule has 2 N–H and O–H groups in total. The molecule has 0 aromatic heterocycles. The van der Waals surface area contributed by atoms with E-state index in [9.17, 15) is 24.3 Å². The molecule has 4 aromatic carbocycles. The lowest BCUT2D eigenvalue weighted by Gasteiger charge is -2.26. The van der Waals surface area contributed by atoms with Gasteiger partial charge in [0.05, 0.1) is 24.3 Å². The normalized spacial score (nSPS) is 12.7. The standard InChI is InChI=1S/C35H33NO9/c37-32(38)30(44-33(39)27-17-9-3-10-18-27)31(45-34(40)28-19-11-4-12-20-28)35(41)43-29(22-36-21-25-13-5-1-6-14-25)24-42-23-26-15-7-2-8-16-26/h1-20,29-31,36H,21-24H2,(H,37,38)/t29-,30?,31?/m0/s1. The average Bonchev–Trinajstić information content (AvgIpc) is 3.07. The Hall–Kier alpha value is -5.32. The van der Waals surface area contributed by atoms with Crippen molar-refractivity contribution in [3.63, 3.8) is 0 Å². The van der Waals surface area contributed by atoms with Crippen LogP contribution in [0.4, 0.5) is 0 Å². The fourth-order valence-electron chi connectivity index (χ4n) is 4.21. The molecule has 0 aliphatic rings. The van der Waals surface area contributed by atoms with Gasteiger partial charge in [0.15, 0.2) is 0 Å². The summed E-state index contributed by atoms with van der Waals surface area (Å²) in [5.74, 6) is -4.95. The van der Waals surface area contributed by atoms with E-state index in [2.05, 4.69) is 5.32 Å². The SMILES string of the molecule is O=C(OC(C(=O)O)C(OC(=O)c1ccccc1)C(=O)O[C@@H](CNCc1ccccc1)COCc1ccccc1)c1ccccc1. The number of carbonyl (C=O) groups is 4. The number of carbonyl (C=O) groups excluding carboxylic acids is 3. The minimum atomic E-state index is -2.21. The molecule has 0 aliphatic heterocycles. The smallest absolute Gasteiger partial charge is 0.352 e. The number of esters is 3. The van der Waals surface area contributed by atoms with E-state index in [-0.39, 0.29) is 30.9 Å². The monoisotopic (exact) mass is 611 g/mol. The lowest BCUT2D eigenvalue weighted by atomic mass is 10.1. The van der Waals surface area contributed by atoms with E-state index in [0.717, 1.165) is 11.1 Å². The number of aliphatic carboxylic acids is 1. The molecule has 10 heteroatoms. The Kier molecular flexibility index (Phi) is 12.4. The van der Waals surface area contributed by atoms with Crippen LogP contribution in [-0.2, 0) is 41.7 Å². The maximum Gasteiger partial charge on any atom is 0.352 e. The fourth-order valence-corrected chi connectivity index (χ4v) is 4.21. The Morgan fingerprint density at radius 1 is 0.600 bits per heavy atom. The van der Waals surface area contributed by atoms with Crippen molar-refractivity contribution in [2.24, 2.45) is 0 Å². The van der Waals surface area contributed by atoms with Crippen molar-refractivity contribution < 1.29 is 43.2 Å². The van der Waals surface area contributed by atoms with Gasteiger partial charge in [0, 0.05) is 13.1 Å². The van der Waals surface area contributed by atoms with Crippen molar-refractivity contribution in [2.75, 3.05) is 13.2 Å². The van der Waals surface area contributed by atoms with Crippen LogP contribution in [0.1, 0.15) is 31.8 Å². The van der Waals surface area contributed by atoms with E-state index < -0.39 is 42.2 Å². The molecule has 10 nitrogen and oxygen atoms in total. The van der Waals surface area contributed by atoms with E-state index in [4.69, 9.17) is 18.9 Å². The topological polar surface area (TPSA) is 137 Å². The first-order valence-corrected chi connectivity index (χ1v) is 14.2. The molecule has 0 spiro atoms. The van der Waals surface area contributed by atoms with Crippen LogP contribution in [0.15, 0.2) is 121 Å². The number of ether oxygens (including phenoxy) is 4. The molecule has 45 heavy (non-hydrogen) atoms. The predicted molar refractivity (Wildman–Crippen MR) is 163 cm³/mol. The third-order valence-electron chi connectivity index (χ3n) is 6.48. The quantitative estimate of drug-likeness (QED) is 0.138. The second-order valence-electron chi connectivity index (χ2n) is 9.90. The molecule has 0 aliphatic carbocycles. The molecule has 3 atom stereocenters. The van der Waals surface area contributed by atoms with Crippen molar-refractivity contribution in [1.82, 2.24) is 5.32 Å². The van der Waals surface area contributed by atoms with Crippen molar-refractivity contribution in [3.8, 4) is 0 Å². The molecule has 0 radical (unpaired) electrons. The van der Waals surface area contributed by atoms with Gasteiger partial charge < -0.3 is 29.4 Å². The number of nitrogens with one attached hydrogen (secondary N) is 1. The van der Waals surface area contributed by atoms with Gasteiger partial charge in [0.2, 0.25) is 12.2 Å². The Morgan fingerprint density at radius 3 is 1.58 bits per heavy atom. The molecule has 4 rings (SSSR count). The largest absolute Gasteiger partial charge is 0.478 e. The molecule has 2 unspecified atom stereocenters. The van der Waals surface area contributed by atoms with Gasteiger partial charge >= 0.3 is 23.9 Å². The molecule has 232 valence electrons. The highest BCUT2D eigenvalue weighted by Gasteiger charge is 2.43. The zero-order valence-electron chi connectivity index (χ0n) is 24.3. The predicted octanol–water partition coefficient (Wildman–Crippen LogP) is 4.44. The highest BCUT2D eigenvalue weighted by molar-refractivity contribution is 5.95. The Labute approximate surface area is 260 Å². The van der Waals surface area contributed by atoms with Crippen molar-refractivity contribution in [2.45, 2.75) is 31.5 Å². The summed E-state index contributed by atoms with van der Waals surface area (Å²) in [5.41, 5.74) is 1.98. The van der Waals surface area contributed by atoms with E-state index in [1.807, 2.05) is 60.7 Å². The van der Waals surface area contributed by atoms with Crippen LogP contribution in [0, 0.1) is 0 Å². The van der Waals surface area contributed by atoms with Crippen molar-refractivity contribution in [3.05, 3.63) is 144 Å². The van der Waals surface area contributed by atoms with Gasteiger partial charge in [-0.1, -0.05) is 97.1 Å². The first-order chi connectivity index (χ1) is 21.9. The third-order valence-corrected chi connectivity index (χ3v) is 6.48. The summed E-state index contributed by atoms with van der Waals surface area (Å²) < 4.78 is 22.1. The van der Waals surface area contributed by atoms with Crippen LogP contribution in [-0.4, -0.2) is 60.4 Å². The molecule has 0 fully saturated rings. The lowest BCUT2D eigenvalue weighted by Crippen LogP contribution is -2.48. The van der Waals surface area contributed by atoms with Crippen LogP contribution >= 0.6 is 0 Å². The number of benzene rings is 4. The Bertz CT molecular complexity index is 1470. The maximum atomic E-state index is 13.6. The van der Waals surface area contributed by atoms with Crippen LogP contribution in [0.25, 0.3) is 0 Å². The van der Waals surface area contributed by atoms with Crippen LogP contribution in [0.2, 0.25) is 0 Å².